The Morgan fingerprint density at radius 3 is 2.83 bits per heavy atom. The Balaban J connectivity index is 2.24. The molecule has 0 amide bonds. The largest absolute Gasteiger partial charge is 0.383 e. The number of nitrogens with one attached hydrogen (secondary N) is 2. The summed E-state index contributed by atoms with van der Waals surface area (Å²) in [6.45, 7) is 7.00. The van der Waals surface area contributed by atoms with E-state index in [4.69, 9.17) is 4.74 Å². The van der Waals surface area contributed by atoms with Crippen molar-refractivity contribution in [3.8, 4) is 0 Å². The normalized spacial score (nSPS) is 12.7. The SMILES string of the molecule is COCCNCC(C)NCc1ccc(C)c(F)c1. The first-order valence-corrected chi connectivity index (χ1v) is 6.31. The van der Waals surface area contributed by atoms with Crippen molar-refractivity contribution >= 4 is 0 Å². The minimum absolute atomic E-state index is 0.139. The van der Waals surface area contributed by atoms with Crippen molar-refractivity contribution < 1.29 is 9.13 Å². The van der Waals surface area contributed by atoms with Gasteiger partial charge in [0.05, 0.1) is 6.61 Å². The van der Waals surface area contributed by atoms with Crippen molar-refractivity contribution in [1.29, 1.82) is 0 Å². The van der Waals surface area contributed by atoms with Gasteiger partial charge in [-0.25, -0.2) is 4.39 Å². The quantitative estimate of drug-likeness (QED) is 0.695. The van der Waals surface area contributed by atoms with E-state index in [2.05, 4.69) is 17.6 Å². The number of hydrogen-bond acceptors (Lipinski definition) is 3. The summed E-state index contributed by atoms with van der Waals surface area (Å²) in [7, 11) is 1.69. The van der Waals surface area contributed by atoms with Gasteiger partial charge in [0.15, 0.2) is 0 Å². The van der Waals surface area contributed by atoms with E-state index in [-0.39, 0.29) is 5.82 Å². The van der Waals surface area contributed by atoms with Crippen LogP contribution in [0.25, 0.3) is 0 Å². The van der Waals surface area contributed by atoms with Crippen LogP contribution in [0.5, 0.6) is 0 Å². The molecular formula is C14H23FN2O. The first-order valence-electron chi connectivity index (χ1n) is 6.31. The molecular weight excluding hydrogens is 231 g/mol. The summed E-state index contributed by atoms with van der Waals surface area (Å²) in [4.78, 5) is 0. The molecule has 0 heterocycles. The molecule has 1 aromatic carbocycles. The molecule has 1 aromatic rings. The van der Waals surface area contributed by atoms with Crippen LogP contribution in [-0.4, -0.2) is 32.8 Å². The van der Waals surface area contributed by atoms with Crippen molar-refractivity contribution in [2.24, 2.45) is 0 Å². The summed E-state index contributed by atoms with van der Waals surface area (Å²) >= 11 is 0. The van der Waals surface area contributed by atoms with Crippen molar-refractivity contribution in [1.82, 2.24) is 10.6 Å². The summed E-state index contributed by atoms with van der Waals surface area (Å²) in [6.07, 6.45) is 0. The zero-order valence-electron chi connectivity index (χ0n) is 11.4. The predicted molar refractivity (Wildman–Crippen MR) is 72.2 cm³/mol. The van der Waals surface area contributed by atoms with Gasteiger partial charge < -0.3 is 15.4 Å². The molecule has 2 N–H and O–H groups in total. The van der Waals surface area contributed by atoms with Crippen LogP contribution in [0.2, 0.25) is 0 Å². The van der Waals surface area contributed by atoms with E-state index in [1.807, 2.05) is 12.1 Å². The molecule has 0 fully saturated rings. The smallest absolute Gasteiger partial charge is 0.126 e. The average molecular weight is 254 g/mol. The number of benzene rings is 1. The third-order valence-corrected chi connectivity index (χ3v) is 2.82. The summed E-state index contributed by atoms with van der Waals surface area (Å²) < 4.78 is 18.3. The second kappa shape index (κ2) is 8.19. The van der Waals surface area contributed by atoms with E-state index >= 15 is 0 Å². The lowest BCUT2D eigenvalue weighted by Crippen LogP contribution is -2.37. The van der Waals surface area contributed by atoms with Gasteiger partial charge in [-0.15, -0.1) is 0 Å². The maximum absolute atomic E-state index is 13.3. The molecule has 1 rings (SSSR count). The second-order valence-electron chi connectivity index (χ2n) is 4.56. The fourth-order valence-corrected chi connectivity index (χ4v) is 1.60. The van der Waals surface area contributed by atoms with E-state index in [1.54, 1.807) is 20.1 Å². The lowest BCUT2D eigenvalue weighted by atomic mass is 10.1. The zero-order chi connectivity index (χ0) is 13.4. The van der Waals surface area contributed by atoms with E-state index in [9.17, 15) is 4.39 Å². The van der Waals surface area contributed by atoms with Crippen molar-refractivity contribution in [3.05, 3.63) is 35.1 Å². The minimum atomic E-state index is -0.139. The Bertz CT molecular complexity index is 358. The number of rotatable bonds is 8. The Labute approximate surface area is 109 Å². The van der Waals surface area contributed by atoms with Gasteiger partial charge >= 0.3 is 0 Å². The molecule has 0 radical (unpaired) electrons. The van der Waals surface area contributed by atoms with Crippen LogP contribution in [0.3, 0.4) is 0 Å². The highest BCUT2D eigenvalue weighted by atomic mass is 19.1. The highest BCUT2D eigenvalue weighted by molar-refractivity contribution is 5.23. The Morgan fingerprint density at radius 2 is 2.17 bits per heavy atom. The molecule has 0 aliphatic carbocycles. The van der Waals surface area contributed by atoms with Crippen LogP contribution < -0.4 is 10.6 Å². The molecule has 0 saturated carbocycles. The van der Waals surface area contributed by atoms with Gasteiger partial charge in [0, 0.05) is 32.8 Å². The third kappa shape index (κ3) is 5.58. The third-order valence-electron chi connectivity index (χ3n) is 2.82. The van der Waals surface area contributed by atoms with Crippen molar-refractivity contribution in [2.45, 2.75) is 26.4 Å². The molecule has 0 bridgehead atoms. The van der Waals surface area contributed by atoms with Gasteiger partial charge in [0.2, 0.25) is 0 Å². The van der Waals surface area contributed by atoms with Gasteiger partial charge in [0.25, 0.3) is 0 Å². The van der Waals surface area contributed by atoms with Crippen LogP contribution in [0.4, 0.5) is 4.39 Å². The van der Waals surface area contributed by atoms with Gasteiger partial charge in [-0.2, -0.15) is 0 Å². The monoisotopic (exact) mass is 254 g/mol. The number of hydrogen-bond donors (Lipinski definition) is 2. The Morgan fingerprint density at radius 1 is 1.39 bits per heavy atom. The van der Waals surface area contributed by atoms with Gasteiger partial charge in [0.1, 0.15) is 5.82 Å². The predicted octanol–water partition coefficient (Wildman–Crippen LogP) is 1.85. The second-order valence-corrected chi connectivity index (χ2v) is 4.56. The maximum atomic E-state index is 13.3. The number of halogens is 1. The van der Waals surface area contributed by atoms with Crippen molar-refractivity contribution in [3.63, 3.8) is 0 Å². The zero-order valence-corrected chi connectivity index (χ0v) is 11.4. The number of ether oxygens (including phenoxy) is 1. The van der Waals surface area contributed by atoms with Crippen LogP contribution in [-0.2, 0) is 11.3 Å². The van der Waals surface area contributed by atoms with Crippen LogP contribution in [0.1, 0.15) is 18.1 Å². The first-order chi connectivity index (χ1) is 8.63. The first kappa shape index (κ1) is 15.1. The summed E-state index contributed by atoms with van der Waals surface area (Å²) in [5.74, 6) is -0.139. The fraction of sp³-hybridized carbons (Fsp3) is 0.571. The molecule has 18 heavy (non-hydrogen) atoms. The van der Waals surface area contributed by atoms with E-state index in [1.165, 1.54) is 0 Å². The Kier molecular flexibility index (Phi) is 6.86. The molecule has 1 atom stereocenters. The van der Waals surface area contributed by atoms with E-state index in [0.717, 1.165) is 25.3 Å². The molecule has 3 nitrogen and oxygen atoms in total. The topological polar surface area (TPSA) is 33.3 Å². The highest BCUT2D eigenvalue weighted by Gasteiger charge is 2.03. The van der Waals surface area contributed by atoms with E-state index in [0.29, 0.717) is 18.2 Å². The minimum Gasteiger partial charge on any atom is -0.383 e. The molecule has 4 heteroatoms. The van der Waals surface area contributed by atoms with Gasteiger partial charge in [-0.05, 0) is 31.0 Å². The number of methoxy groups -OCH3 is 1. The lowest BCUT2D eigenvalue weighted by Gasteiger charge is -2.15. The van der Waals surface area contributed by atoms with E-state index < -0.39 is 0 Å². The van der Waals surface area contributed by atoms with Crippen LogP contribution in [0, 0.1) is 12.7 Å². The molecule has 0 saturated heterocycles. The highest BCUT2D eigenvalue weighted by Crippen LogP contribution is 2.08. The van der Waals surface area contributed by atoms with Gasteiger partial charge in [-0.3, -0.25) is 0 Å². The fourth-order valence-electron chi connectivity index (χ4n) is 1.60. The average Bonchev–Trinajstić information content (AvgIpc) is 2.36. The summed E-state index contributed by atoms with van der Waals surface area (Å²) in [5, 5.41) is 6.63. The molecule has 102 valence electrons. The van der Waals surface area contributed by atoms with Crippen LogP contribution >= 0.6 is 0 Å². The lowest BCUT2D eigenvalue weighted by molar-refractivity contribution is 0.198. The Hall–Kier alpha value is -0.970. The summed E-state index contributed by atoms with van der Waals surface area (Å²) in [5.41, 5.74) is 1.66. The van der Waals surface area contributed by atoms with Crippen LogP contribution in [0.15, 0.2) is 18.2 Å². The number of aryl methyl sites for hydroxylation is 1. The molecule has 0 spiro atoms. The summed E-state index contributed by atoms with van der Waals surface area (Å²) in [6, 6.07) is 5.70. The molecule has 0 aliphatic rings. The standard InChI is InChI=1S/C14H23FN2O/c1-11-4-5-13(8-14(11)15)10-17-12(2)9-16-6-7-18-3/h4-5,8,12,16-17H,6-7,9-10H2,1-3H3. The molecule has 0 aromatic heterocycles. The molecule has 1 unspecified atom stereocenters. The molecule has 0 aliphatic heterocycles. The maximum Gasteiger partial charge on any atom is 0.126 e. The van der Waals surface area contributed by atoms with Crippen molar-refractivity contribution in [2.75, 3.05) is 26.8 Å². The van der Waals surface area contributed by atoms with Gasteiger partial charge in [-0.1, -0.05) is 12.1 Å².